The first-order chi connectivity index (χ1) is 16.8. The molecule has 0 radical (unpaired) electrons. The molecule has 0 spiro atoms. The van der Waals surface area contributed by atoms with Crippen molar-refractivity contribution in [1.82, 2.24) is 0 Å². The third-order valence-electron chi connectivity index (χ3n) is 6.10. The summed E-state index contributed by atoms with van der Waals surface area (Å²) >= 11 is 0. The van der Waals surface area contributed by atoms with E-state index in [-0.39, 0.29) is 5.92 Å². The van der Waals surface area contributed by atoms with Gasteiger partial charge in [-0.15, -0.1) is 0 Å². The summed E-state index contributed by atoms with van der Waals surface area (Å²) in [5.41, 5.74) is 7.48. The molecule has 0 saturated carbocycles. The lowest BCUT2D eigenvalue weighted by Gasteiger charge is -2.21. The summed E-state index contributed by atoms with van der Waals surface area (Å²) in [6.07, 6.45) is 0. The van der Waals surface area contributed by atoms with Gasteiger partial charge in [0.15, 0.2) is 0 Å². The van der Waals surface area contributed by atoms with Gasteiger partial charge >= 0.3 is 0 Å². The Bertz CT molecular complexity index is 1210. The van der Waals surface area contributed by atoms with E-state index in [9.17, 15) is 5.26 Å². The minimum atomic E-state index is 0.0299. The van der Waals surface area contributed by atoms with Crippen LogP contribution in [0.5, 0.6) is 0 Å². The molecule has 0 aliphatic rings. The predicted molar refractivity (Wildman–Crippen MR) is 138 cm³/mol. The van der Waals surface area contributed by atoms with Gasteiger partial charge in [-0.05, 0) is 77.4 Å². The smallest absolute Gasteiger partial charge is 0.105 e. The summed E-state index contributed by atoms with van der Waals surface area (Å²) in [6, 6.07) is 50.6. The van der Waals surface area contributed by atoms with Gasteiger partial charge in [-0.25, -0.2) is 0 Å². The van der Waals surface area contributed by atoms with E-state index in [2.05, 4.69) is 109 Å². The second-order valence-corrected chi connectivity index (χ2v) is 8.32. The van der Waals surface area contributed by atoms with Crippen LogP contribution in [0.25, 0.3) is 0 Å². The number of rotatable bonds is 6. The van der Waals surface area contributed by atoms with Crippen molar-refractivity contribution in [3.05, 3.63) is 184 Å². The third kappa shape index (κ3) is 4.49. The molecule has 160 valence electrons. The molecule has 0 bridgehead atoms. The Hall–Kier alpha value is -4.54. The highest BCUT2D eigenvalue weighted by Crippen LogP contribution is 2.37. The van der Waals surface area contributed by atoms with E-state index in [1.807, 2.05) is 36.4 Å². The van der Waals surface area contributed by atoms with Crippen LogP contribution in [0.1, 0.15) is 44.9 Å². The van der Waals surface area contributed by atoms with Crippen molar-refractivity contribution in [3.8, 4) is 6.07 Å². The van der Waals surface area contributed by atoms with Crippen LogP contribution in [0.2, 0.25) is 0 Å². The molecule has 5 aromatic carbocycles. The molecule has 0 amide bonds. The second kappa shape index (κ2) is 9.94. The lowest BCUT2D eigenvalue weighted by molar-refractivity contribution is 0.971. The Morgan fingerprint density at radius 2 is 0.912 bits per heavy atom. The van der Waals surface area contributed by atoms with Crippen molar-refractivity contribution in [2.24, 2.45) is 0 Å². The van der Waals surface area contributed by atoms with Crippen molar-refractivity contribution in [2.45, 2.75) is 5.92 Å². The molecule has 0 fully saturated rings. The zero-order valence-corrected chi connectivity index (χ0v) is 18.8. The van der Waals surface area contributed by atoms with Gasteiger partial charge in [0.05, 0.1) is 28.2 Å². The molecule has 0 unspecified atom stereocenters. The minimum absolute atomic E-state index is 0.0299. The van der Waals surface area contributed by atoms with E-state index in [4.69, 9.17) is 0 Å². The van der Waals surface area contributed by atoms with Gasteiger partial charge in [0.2, 0.25) is 0 Å². The van der Waals surface area contributed by atoms with Gasteiger partial charge in [-0.3, -0.25) is 0 Å². The average Bonchev–Trinajstić information content (AvgIpc) is 2.91. The zero-order valence-electron chi connectivity index (χ0n) is 18.8. The number of nitrogens with zero attached hydrogens (tertiary/aromatic N) is 1. The molecule has 34 heavy (non-hydrogen) atoms. The summed E-state index contributed by atoms with van der Waals surface area (Å²) in [5, 5.41) is 9.97. The SMILES string of the molecule is N#Cc1cc([C+](c2ccccc2)c2ccccc2)cc(C(c2ccccc2)c2ccccc2)c1. The molecule has 0 aliphatic heterocycles. The lowest BCUT2D eigenvalue weighted by atomic mass is 9.80. The van der Waals surface area contributed by atoms with Crippen LogP contribution < -0.4 is 0 Å². The first kappa shape index (κ1) is 21.3. The third-order valence-corrected chi connectivity index (χ3v) is 6.10. The number of nitriles is 1. The van der Waals surface area contributed by atoms with E-state index in [1.54, 1.807) is 0 Å². The van der Waals surface area contributed by atoms with Crippen LogP contribution in [0, 0.1) is 17.2 Å². The van der Waals surface area contributed by atoms with E-state index >= 15 is 0 Å². The van der Waals surface area contributed by atoms with Gasteiger partial charge in [0.25, 0.3) is 0 Å². The highest BCUT2D eigenvalue weighted by Gasteiger charge is 2.26. The van der Waals surface area contributed by atoms with Crippen LogP contribution in [-0.4, -0.2) is 0 Å². The molecule has 5 aromatic rings. The van der Waals surface area contributed by atoms with Gasteiger partial charge in [-0.2, -0.15) is 5.26 Å². The van der Waals surface area contributed by atoms with E-state index < -0.39 is 0 Å². The Morgan fingerprint density at radius 1 is 0.471 bits per heavy atom. The molecule has 0 saturated heterocycles. The normalized spacial score (nSPS) is 10.6. The first-order valence-electron chi connectivity index (χ1n) is 11.5. The van der Waals surface area contributed by atoms with Crippen molar-refractivity contribution >= 4 is 0 Å². The molecule has 0 heterocycles. The second-order valence-electron chi connectivity index (χ2n) is 8.32. The summed E-state index contributed by atoms with van der Waals surface area (Å²) in [7, 11) is 0. The maximum absolute atomic E-state index is 9.97. The summed E-state index contributed by atoms with van der Waals surface area (Å²) in [5.74, 6) is 1.15. The molecule has 0 N–H and O–H groups in total. The van der Waals surface area contributed by atoms with Crippen molar-refractivity contribution in [1.29, 1.82) is 5.26 Å². The summed E-state index contributed by atoms with van der Waals surface area (Å²) < 4.78 is 0. The molecule has 1 heteroatoms. The monoisotopic (exact) mass is 434 g/mol. The van der Waals surface area contributed by atoms with Crippen LogP contribution in [-0.2, 0) is 0 Å². The Kier molecular flexibility index (Phi) is 6.23. The highest BCUT2D eigenvalue weighted by atomic mass is 14.3. The zero-order chi connectivity index (χ0) is 23.2. The van der Waals surface area contributed by atoms with Gasteiger partial charge in [0.1, 0.15) is 6.07 Å². The van der Waals surface area contributed by atoms with Gasteiger partial charge < -0.3 is 0 Å². The topological polar surface area (TPSA) is 23.8 Å². The average molecular weight is 435 g/mol. The van der Waals surface area contributed by atoms with Crippen LogP contribution >= 0.6 is 0 Å². The molecular weight excluding hydrogens is 410 g/mol. The number of hydrogen-bond donors (Lipinski definition) is 0. The Labute approximate surface area is 201 Å². The molecule has 0 aromatic heterocycles. The fourth-order valence-electron chi connectivity index (χ4n) is 4.61. The number of benzene rings is 5. The Balaban J connectivity index is 1.72. The predicted octanol–water partition coefficient (Wildman–Crippen LogP) is 7.76. The largest absolute Gasteiger partial charge is 0.192 e. The fourth-order valence-corrected chi connectivity index (χ4v) is 4.61. The Morgan fingerprint density at radius 3 is 1.35 bits per heavy atom. The van der Waals surface area contributed by atoms with Crippen molar-refractivity contribution < 1.29 is 0 Å². The lowest BCUT2D eigenvalue weighted by Crippen LogP contribution is -2.09. The van der Waals surface area contributed by atoms with Crippen molar-refractivity contribution in [3.63, 3.8) is 0 Å². The van der Waals surface area contributed by atoms with E-state index in [0.717, 1.165) is 28.2 Å². The quantitative estimate of drug-likeness (QED) is 0.198. The van der Waals surface area contributed by atoms with Crippen LogP contribution in [0.15, 0.2) is 140 Å². The summed E-state index contributed by atoms with van der Waals surface area (Å²) in [6.45, 7) is 0. The maximum atomic E-state index is 9.97. The van der Waals surface area contributed by atoms with Crippen molar-refractivity contribution in [2.75, 3.05) is 0 Å². The molecule has 5 rings (SSSR count). The van der Waals surface area contributed by atoms with Gasteiger partial charge in [-0.1, -0.05) is 72.8 Å². The molecular formula is C33H24N+. The van der Waals surface area contributed by atoms with Crippen LogP contribution in [0.4, 0.5) is 0 Å². The minimum Gasteiger partial charge on any atom is -0.192 e. The summed E-state index contributed by atoms with van der Waals surface area (Å²) in [4.78, 5) is 0. The standard InChI is InChI=1S/C33H24N/c34-24-25-21-30(32(26-13-5-1-6-14-26)27-15-7-2-8-16-27)23-31(22-25)33(28-17-9-3-10-18-28)29-19-11-4-12-20-29/h1-23,32H/q+1. The van der Waals surface area contributed by atoms with E-state index in [1.165, 1.54) is 11.1 Å². The maximum Gasteiger partial charge on any atom is 0.105 e. The molecule has 1 nitrogen and oxygen atoms in total. The van der Waals surface area contributed by atoms with E-state index in [0.29, 0.717) is 5.56 Å². The molecule has 0 aliphatic carbocycles. The first-order valence-corrected chi connectivity index (χ1v) is 11.5. The van der Waals surface area contributed by atoms with Gasteiger partial charge in [0, 0.05) is 12.0 Å². The fraction of sp³-hybridized carbons (Fsp3) is 0.0303. The van der Waals surface area contributed by atoms with Crippen LogP contribution in [0.3, 0.4) is 0 Å². The number of hydrogen-bond acceptors (Lipinski definition) is 1. The molecule has 0 atom stereocenters. The highest BCUT2D eigenvalue weighted by molar-refractivity contribution is 5.60.